The summed E-state index contributed by atoms with van der Waals surface area (Å²) in [6.07, 6.45) is 3.45. The van der Waals surface area contributed by atoms with Crippen LogP contribution in [-0.4, -0.2) is 54.6 Å². The number of carbonyl (C=O) groups excluding carboxylic acids is 1. The van der Waals surface area contributed by atoms with Crippen LogP contribution in [0.3, 0.4) is 0 Å². The number of anilines is 1. The minimum absolute atomic E-state index is 0.0556. The van der Waals surface area contributed by atoms with E-state index in [1.807, 2.05) is 13.8 Å². The monoisotopic (exact) mass is 360 g/mol. The van der Waals surface area contributed by atoms with Crippen molar-refractivity contribution in [1.29, 1.82) is 0 Å². The maximum atomic E-state index is 11.9. The van der Waals surface area contributed by atoms with Gasteiger partial charge in [0, 0.05) is 18.7 Å². The molecule has 0 atom stereocenters. The van der Waals surface area contributed by atoms with E-state index in [4.69, 9.17) is 14.7 Å². The highest BCUT2D eigenvalue weighted by molar-refractivity contribution is 7.85. The van der Waals surface area contributed by atoms with Crippen molar-refractivity contribution in [3.05, 3.63) is 11.8 Å². The first-order valence-corrected chi connectivity index (χ1v) is 9.61. The molecule has 136 valence electrons. The first-order valence-electron chi connectivity index (χ1n) is 7.79. The van der Waals surface area contributed by atoms with Crippen LogP contribution >= 0.6 is 0 Å². The van der Waals surface area contributed by atoms with Crippen molar-refractivity contribution < 1.29 is 22.1 Å². The Balaban J connectivity index is 1.95. The third kappa shape index (κ3) is 4.84. The topological polar surface area (TPSA) is 117 Å². The predicted molar refractivity (Wildman–Crippen MR) is 87.7 cm³/mol. The van der Waals surface area contributed by atoms with Crippen molar-refractivity contribution in [2.75, 3.05) is 25.1 Å². The van der Waals surface area contributed by atoms with Gasteiger partial charge in [0.15, 0.2) is 0 Å². The molecule has 0 unspecified atom stereocenters. The third-order valence-corrected chi connectivity index (χ3v) is 4.29. The van der Waals surface area contributed by atoms with Crippen molar-refractivity contribution in [2.24, 2.45) is 0 Å². The molecule has 1 saturated heterocycles. The molecule has 2 heterocycles. The SMILES string of the molecule is CC(C)OC(=O)N1CCC(n2ncc(COS(C)(=O)=O)c2N)CC1. The number of nitrogen functional groups attached to an aromatic ring is 1. The van der Waals surface area contributed by atoms with Crippen LogP contribution in [0.5, 0.6) is 0 Å². The zero-order chi connectivity index (χ0) is 17.9. The molecule has 1 aromatic heterocycles. The summed E-state index contributed by atoms with van der Waals surface area (Å²) < 4.78 is 33.7. The normalized spacial score (nSPS) is 16.6. The van der Waals surface area contributed by atoms with Gasteiger partial charge >= 0.3 is 6.09 Å². The molecule has 0 radical (unpaired) electrons. The van der Waals surface area contributed by atoms with E-state index in [-0.39, 0.29) is 24.8 Å². The zero-order valence-corrected chi connectivity index (χ0v) is 15.0. The maximum Gasteiger partial charge on any atom is 0.410 e. The van der Waals surface area contributed by atoms with Gasteiger partial charge in [-0.2, -0.15) is 13.5 Å². The number of aromatic nitrogens is 2. The molecule has 1 aromatic rings. The Kier molecular flexibility index (Phi) is 5.70. The molecule has 2 N–H and O–H groups in total. The van der Waals surface area contributed by atoms with Crippen molar-refractivity contribution in [1.82, 2.24) is 14.7 Å². The fraction of sp³-hybridized carbons (Fsp3) is 0.714. The molecule has 0 spiro atoms. The molecule has 0 saturated carbocycles. The lowest BCUT2D eigenvalue weighted by molar-refractivity contribution is 0.0655. The summed E-state index contributed by atoms with van der Waals surface area (Å²) in [5.74, 6) is 0.391. The van der Waals surface area contributed by atoms with Gasteiger partial charge in [-0.25, -0.2) is 9.48 Å². The molecule has 2 rings (SSSR count). The Morgan fingerprint density at radius 3 is 2.58 bits per heavy atom. The lowest BCUT2D eigenvalue weighted by Gasteiger charge is -2.32. The lowest BCUT2D eigenvalue weighted by Crippen LogP contribution is -2.40. The van der Waals surface area contributed by atoms with Gasteiger partial charge in [0.05, 0.1) is 31.2 Å². The molecule has 1 fully saturated rings. The van der Waals surface area contributed by atoms with Gasteiger partial charge in [-0.15, -0.1) is 0 Å². The number of hydrogen-bond donors (Lipinski definition) is 1. The van der Waals surface area contributed by atoms with Gasteiger partial charge in [0.1, 0.15) is 5.82 Å². The number of likely N-dealkylation sites (tertiary alicyclic amines) is 1. The van der Waals surface area contributed by atoms with Crippen LogP contribution in [-0.2, 0) is 25.6 Å². The van der Waals surface area contributed by atoms with E-state index >= 15 is 0 Å². The van der Waals surface area contributed by atoms with E-state index in [2.05, 4.69) is 5.10 Å². The number of ether oxygens (including phenoxy) is 1. The number of piperidine rings is 1. The second-order valence-corrected chi connectivity index (χ2v) is 7.76. The number of hydrogen-bond acceptors (Lipinski definition) is 7. The van der Waals surface area contributed by atoms with Crippen LogP contribution in [0.25, 0.3) is 0 Å². The van der Waals surface area contributed by atoms with E-state index < -0.39 is 10.1 Å². The molecule has 10 heteroatoms. The highest BCUT2D eigenvalue weighted by Crippen LogP contribution is 2.27. The van der Waals surface area contributed by atoms with Gasteiger partial charge < -0.3 is 15.4 Å². The number of carbonyl (C=O) groups is 1. The average Bonchev–Trinajstić information content (AvgIpc) is 2.85. The number of rotatable bonds is 5. The number of nitrogens with two attached hydrogens (primary N) is 1. The Labute approximate surface area is 141 Å². The molecule has 9 nitrogen and oxygen atoms in total. The smallest absolute Gasteiger partial charge is 0.410 e. The van der Waals surface area contributed by atoms with Gasteiger partial charge in [0.2, 0.25) is 0 Å². The van der Waals surface area contributed by atoms with Gasteiger partial charge in [-0.05, 0) is 26.7 Å². The van der Waals surface area contributed by atoms with Crippen LogP contribution in [0.1, 0.15) is 38.3 Å². The summed E-state index contributed by atoms with van der Waals surface area (Å²) in [6.45, 7) is 4.62. The molecular formula is C14H24N4O5S. The van der Waals surface area contributed by atoms with Crippen LogP contribution in [0.4, 0.5) is 10.6 Å². The summed E-state index contributed by atoms with van der Waals surface area (Å²) >= 11 is 0. The summed E-state index contributed by atoms with van der Waals surface area (Å²) in [4.78, 5) is 13.6. The largest absolute Gasteiger partial charge is 0.447 e. The van der Waals surface area contributed by atoms with E-state index in [1.54, 1.807) is 9.58 Å². The highest BCUT2D eigenvalue weighted by Gasteiger charge is 2.27. The first kappa shape index (κ1) is 18.5. The minimum atomic E-state index is -3.53. The molecule has 1 aliphatic rings. The fourth-order valence-corrected chi connectivity index (χ4v) is 2.89. The molecular weight excluding hydrogens is 336 g/mol. The lowest BCUT2D eigenvalue weighted by atomic mass is 10.1. The van der Waals surface area contributed by atoms with E-state index in [0.29, 0.717) is 37.3 Å². The summed E-state index contributed by atoms with van der Waals surface area (Å²) in [7, 11) is -3.53. The fourth-order valence-electron chi connectivity index (χ4n) is 2.55. The van der Waals surface area contributed by atoms with Crippen molar-refractivity contribution in [2.45, 2.75) is 45.4 Å². The maximum absolute atomic E-state index is 11.9. The van der Waals surface area contributed by atoms with Crippen molar-refractivity contribution in [3.8, 4) is 0 Å². The quantitative estimate of drug-likeness (QED) is 0.782. The van der Waals surface area contributed by atoms with E-state index in [0.717, 1.165) is 6.26 Å². The van der Waals surface area contributed by atoms with Crippen LogP contribution in [0.15, 0.2) is 6.20 Å². The van der Waals surface area contributed by atoms with E-state index in [9.17, 15) is 13.2 Å². The standard InChI is InChI=1S/C14H24N4O5S/c1-10(2)23-14(19)17-6-4-12(5-7-17)18-13(15)11(8-16-18)9-22-24(3,20)21/h8,10,12H,4-7,9,15H2,1-3H3. The Hall–Kier alpha value is -1.81. The summed E-state index contributed by atoms with van der Waals surface area (Å²) in [6, 6.07) is 0.0556. The molecule has 0 aromatic carbocycles. The predicted octanol–water partition coefficient (Wildman–Crippen LogP) is 1.12. The van der Waals surface area contributed by atoms with Crippen LogP contribution < -0.4 is 5.73 Å². The van der Waals surface area contributed by atoms with Gasteiger partial charge in [-0.1, -0.05) is 0 Å². The average molecular weight is 360 g/mol. The third-order valence-electron chi connectivity index (χ3n) is 3.75. The second-order valence-electron chi connectivity index (χ2n) is 6.12. The Morgan fingerprint density at radius 1 is 1.42 bits per heavy atom. The Bertz CT molecular complexity index is 677. The molecule has 0 aliphatic carbocycles. The van der Waals surface area contributed by atoms with Crippen molar-refractivity contribution >= 4 is 22.0 Å². The Morgan fingerprint density at radius 2 is 2.04 bits per heavy atom. The van der Waals surface area contributed by atoms with Gasteiger partial charge in [-0.3, -0.25) is 4.18 Å². The zero-order valence-electron chi connectivity index (χ0n) is 14.1. The molecule has 24 heavy (non-hydrogen) atoms. The summed E-state index contributed by atoms with van der Waals surface area (Å²) in [5.41, 5.74) is 6.57. The second kappa shape index (κ2) is 7.39. The van der Waals surface area contributed by atoms with Crippen molar-refractivity contribution in [3.63, 3.8) is 0 Å². The molecule has 1 amide bonds. The van der Waals surface area contributed by atoms with Gasteiger partial charge in [0.25, 0.3) is 10.1 Å². The number of amides is 1. The molecule has 0 bridgehead atoms. The number of nitrogens with zero attached hydrogens (tertiary/aromatic N) is 3. The van der Waals surface area contributed by atoms with Crippen LogP contribution in [0, 0.1) is 0 Å². The highest BCUT2D eigenvalue weighted by atomic mass is 32.2. The summed E-state index contributed by atoms with van der Waals surface area (Å²) in [5, 5.41) is 4.24. The first-order chi connectivity index (χ1) is 11.2. The van der Waals surface area contributed by atoms with E-state index in [1.165, 1.54) is 6.20 Å². The molecule has 1 aliphatic heterocycles. The van der Waals surface area contributed by atoms with Crippen LogP contribution in [0.2, 0.25) is 0 Å². The minimum Gasteiger partial charge on any atom is -0.447 e.